The molecule has 29 heavy (non-hydrogen) atoms. The Morgan fingerprint density at radius 2 is 2.03 bits per heavy atom. The van der Waals surface area contributed by atoms with Crippen LogP contribution in [0.25, 0.3) is 0 Å². The van der Waals surface area contributed by atoms with E-state index in [1.54, 1.807) is 12.1 Å². The van der Waals surface area contributed by atoms with Crippen molar-refractivity contribution in [1.82, 2.24) is 9.88 Å². The summed E-state index contributed by atoms with van der Waals surface area (Å²) in [4.78, 5) is 40.9. The van der Waals surface area contributed by atoms with Gasteiger partial charge in [0.2, 0.25) is 5.91 Å². The number of nitrogens with zero attached hydrogens (tertiary/aromatic N) is 3. The maximum absolute atomic E-state index is 12.3. The highest BCUT2D eigenvalue weighted by Gasteiger charge is 2.19. The lowest BCUT2D eigenvalue weighted by atomic mass is 10.2. The van der Waals surface area contributed by atoms with E-state index in [1.165, 1.54) is 43.3 Å². The number of likely N-dealkylation sites (tertiary alicyclic amines) is 1. The van der Waals surface area contributed by atoms with Crippen molar-refractivity contribution in [2.45, 2.75) is 17.9 Å². The third-order valence-electron chi connectivity index (χ3n) is 4.40. The molecule has 1 aliphatic rings. The summed E-state index contributed by atoms with van der Waals surface area (Å²) in [6.07, 6.45) is 3.59. The summed E-state index contributed by atoms with van der Waals surface area (Å²) in [6.45, 7) is 1.56. The van der Waals surface area contributed by atoms with Crippen LogP contribution in [-0.4, -0.2) is 52.6 Å². The Morgan fingerprint density at radius 1 is 1.28 bits per heavy atom. The number of nitrogens with one attached hydrogen (secondary N) is 1. The lowest BCUT2D eigenvalue weighted by Crippen LogP contribution is -2.27. The summed E-state index contributed by atoms with van der Waals surface area (Å²) < 4.78 is 5.10. The Morgan fingerprint density at radius 3 is 2.66 bits per heavy atom. The number of rotatable bonds is 7. The second kappa shape index (κ2) is 9.37. The van der Waals surface area contributed by atoms with Crippen molar-refractivity contribution in [3.8, 4) is 5.75 Å². The molecule has 3 rings (SSSR count). The molecule has 2 amide bonds. The van der Waals surface area contributed by atoms with Gasteiger partial charge in [-0.2, -0.15) is 0 Å². The number of hydrogen-bond acceptors (Lipinski definition) is 7. The van der Waals surface area contributed by atoms with E-state index in [1.807, 2.05) is 4.90 Å². The van der Waals surface area contributed by atoms with Crippen LogP contribution in [0.4, 0.5) is 11.4 Å². The Kier molecular flexibility index (Phi) is 6.65. The van der Waals surface area contributed by atoms with E-state index in [4.69, 9.17) is 4.74 Å². The van der Waals surface area contributed by atoms with Gasteiger partial charge in [-0.15, -0.1) is 0 Å². The quantitative estimate of drug-likeness (QED) is 0.419. The molecule has 0 radical (unpaired) electrons. The van der Waals surface area contributed by atoms with Gasteiger partial charge in [0.15, 0.2) is 0 Å². The number of carbonyl (C=O) groups is 2. The number of carbonyl (C=O) groups excluding carboxylic acids is 2. The Bertz CT molecular complexity index is 913. The zero-order chi connectivity index (χ0) is 20.8. The number of methoxy groups -OCH3 is 1. The van der Waals surface area contributed by atoms with Crippen molar-refractivity contribution in [1.29, 1.82) is 0 Å². The maximum atomic E-state index is 12.3. The summed E-state index contributed by atoms with van der Waals surface area (Å²) >= 11 is 1.22. The molecule has 1 fully saturated rings. The van der Waals surface area contributed by atoms with E-state index in [9.17, 15) is 19.7 Å². The van der Waals surface area contributed by atoms with E-state index >= 15 is 0 Å². The molecule has 0 saturated carbocycles. The van der Waals surface area contributed by atoms with Crippen LogP contribution in [0.3, 0.4) is 0 Å². The zero-order valence-corrected chi connectivity index (χ0v) is 16.6. The zero-order valence-electron chi connectivity index (χ0n) is 15.8. The summed E-state index contributed by atoms with van der Waals surface area (Å²) in [5, 5.41) is 14.1. The molecular formula is C19H20N4O5S. The highest BCUT2D eigenvalue weighted by molar-refractivity contribution is 7.99. The molecule has 0 aliphatic carbocycles. The lowest BCUT2D eigenvalue weighted by Gasteiger charge is -2.14. The van der Waals surface area contributed by atoms with Gasteiger partial charge in [0.25, 0.3) is 11.6 Å². The van der Waals surface area contributed by atoms with Crippen molar-refractivity contribution < 1.29 is 19.2 Å². The fourth-order valence-electron chi connectivity index (χ4n) is 2.92. The number of thioether (sulfide) groups is 1. The van der Waals surface area contributed by atoms with E-state index in [2.05, 4.69) is 10.3 Å². The van der Waals surface area contributed by atoms with Crippen molar-refractivity contribution in [2.24, 2.45) is 0 Å². The standard InChI is InChI=1S/C19H20N4O5S/c1-28-16-10-14(23(26)27)5-6-15(16)21-17(24)12-29-18-7-4-13(11-20-18)19(25)22-8-2-3-9-22/h4-7,10-11H,2-3,8-9,12H2,1H3,(H,21,24). The van der Waals surface area contributed by atoms with Gasteiger partial charge in [0.05, 0.1) is 40.1 Å². The van der Waals surface area contributed by atoms with Crippen molar-refractivity contribution in [3.63, 3.8) is 0 Å². The molecule has 0 atom stereocenters. The average Bonchev–Trinajstić information content (AvgIpc) is 3.27. The van der Waals surface area contributed by atoms with Gasteiger partial charge in [-0.25, -0.2) is 4.98 Å². The lowest BCUT2D eigenvalue weighted by molar-refractivity contribution is -0.384. The monoisotopic (exact) mass is 416 g/mol. The van der Waals surface area contributed by atoms with Gasteiger partial charge in [-0.05, 0) is 31.0 Å². The van der Waals surface area contributed by atoms with Gasteiger partial charge in [-0.1, -0.05) is 11.8 Å². The number of pyridine rings is 1. The van der Waals surface area contributed by atoms with Gasteiger partial charge in [-0.3, -0.25) is 19.7 Å². The highest BCUT2D eigenvalue weighted by Crippen LogP contribution is 2.29. The number of non-ortho nitro benzene ring substituents is 1. The first-order valence-corrected chi connectivity index (χ1v) is 9.97. The number of nitro groups is 1. The molecule has 2 heterocycles. The number of amides is 2. The van der Waals surface area contributed by atoms with Crippen LogP contribution in [0.5, 0.6) is 5.75 Å². The number of benzene rings is 1. The molecule has 2 aromatic rings. The van der Waals surface area contributed by atoms with Crippen LogP contribution in [0.15, 0.2) is 41.6 Å². The first-order valence-electron chi connectivity index (χ1n) is 8.98. The van der Waals surface area contributed by atoms with Crippen LogP contribution >= 0.6 is 11.8 Å². The maximum Gasteiger partial charge on any atom is 0.273 e. The summed E-state index contributed by atoms with van der Waals surface area (Å²) in [5.41, 5.74) is 0.765. The predicted molar refractivity (Wildman–Crippen MR) is 108 cm³/mol. The fourth-order valence-corrected chi connectivity index (χ4v) is 3.56. The average molecular weight is 416 g/mol. The Hall–Kier alpha value is -3.14. The van der Waals surface area contributed by atoms with Gasteiger partial charge >= 0.3 is 0 Å². The SMILES string of the molecule is COc1cc([N+](=O)[O-])ccc1NC(=O)CSc1ccc(C(=O)N2CCCC2)cn1. The number of ether oxygens (including phenoxy) is 1. The van der Waals surface area contributed by atoms with Crippen molar-refractivity contribution in [2.75, 3.05) is 31.3 Å². The van der Waals surface area contributed by atoms with Crippen LogP contribution < -0.4 is 10.1 Å². The van der Waals surface area contributed by atoms with E-state index < -0.39 is 4.92 Å². The van der Waals surface area contributed by atoms with Crippen molar-refractivity contribution in [3.05, 3.63) is 52.2 Å². The molecule has 0 bridgehead atoms. The third-order valence-corrected chi connectivity index (χ3v) is 5.34. The first kappa shape index (κ1) is 20.6. The minimum absolute atomic E-state index is 0.0189. The molecule has 0 spiro atoms. The third kappa shape index (κ3) is 5.23. The molecule has 1 aromatic heterocycles. The second-order valence-electron chi connectivity index (χ2n) is 6.36. The van der Waals surface area contributed by atoms with Gasteiger partial charge < -0.3 is 15.0 Å². The molecule has 1 N–H and O–H groups in total. The number of anilines is 1. The van der Waals surface area contributed by atoms with E-state index in [0.717, 1.165) is 25.9 Å². The first-order chi connectivity index (χ1) is 14.0. The molecule has 1 aliphatic heterocycles. The van der Waals surface area contributed by atoms with E-state index in [-0.39, 0.29) is 29.0 Å². The van der Waals surface area contributed by atoms with Gasteiger partial charge in [0, 0.05) is 25.4 Å². The molecular weight excluding hydrogens is 396 g/mol. The van der Waals surface area contributed by atoms with Crippen LogP contribution in [0.2, 0.25) is 0 Å². The molecule has 1 aromatic carbocycles. The molecule has 0 unspecified atom stereocenters. The second-order valence-corrected chi connectivity index (χ2v) is 7.36. The van der Waals surface area contributed by atoms with Crippen LogP contribution in [-0.2, 0) is 4.79 Å². The number of nitro benzene ring substituents is 1. The normalized spacial score (nSPS) is 13.2. The molecule has 10 heteroatoms. The summed E-state index contributed by atoms with van der Waals surface area (Å²) in [6, 6.07) is 7.40. The Labute approximate surface area is 171 Å². The number of aromatic nitrogens is 1. The summed E-state index contributed by atoms with van der Waals surface area (Å²) in [7, 11) is 1.37. The molecule has 9 nitrogen and oxygen atoms in total. The predicted octanol–water partition coefficient (Wildman–Crippen LogP) is 2.97. The number of hydrogen-bond donors (Lipinski definition) is 1. The smallest absolute Gasteiger partial charge is 0.273 e. The molecule has 1 saturated heterocycles. The van der Waals surface area contributed by atoms with Crippen molar-refractivity contribution >= 4 is 35.0 Å². The molecule has 152 valence electrons. The van der Waals surface area contributed by atoms with Crippen LogP contribution in [0, 0.1) is 10.1 Å². The highest BCUT2D eigenvalue weighted by atomic mass is 32.2. The fraction of sp³-hybridized carbons (Fsp3) is 0.316. The van der Waals surface area contributed by atoms with Crippen LogP contribution in [0.1, 0.15) is 23.2 Å². The minimum atomic E-state index is -0.534. The van der Waals surface area contributed by atoms with E-state index in [0.29, 0.717) is 16.3 Å². The minimum Gasteiger partial charge on any atom is -0.494 e. The topological polar surface area (TPSA) is 115 Å². The van der Waals surface area contributed by atoms with Gasteiger partial charge in [0.1, 0.15) is 5.75 Å². The summed E-state index contributed by atoms with van der Waals surface area (Å²) in [5.74, 6) is -0.0248. The largest absolute Gasteiger partial charge is 0.494 e. The Balaban J connectivity index is 1.55.